The predicted molar refractivity (Wildman–Crippen MR) is 72.9 cm³/mol. The molecule has 2 aliphatic heterocycles. The van der Waals surface area contributed by atoms with E-state index in [9.17, 15) is 8.42 Å². The first-order valence-corrected chi connectivity index (χ1v) is 8.01. The molecule has 0 bridgehead atoms. The maximum Gasteiger partial charge on any atom is 0.338 e. The van der Waals surface area contributed by atoms with Crippen molar-refractivity contribution in [2.24, 2.45) is 0 Å². The fraction of sp³-hybridized carbons (Fsp3) is 0.538. The van der Waals surface area contributed by atoms with E-state index >= 15 is 0 Å². The fourth-order valence-electron chi connectivity index (χ4n) is 2.77. The third-order valence-corrected chi connectivity index (χ3v) is 5.22. The van der Waals surface area contributed by atoms with Crippen molar-refractivity contribution in [2.45, 2.75) is 18.6 Å². The number of rotatable bonds is 3. The van der Waals surface area contributed by atoms with Gasteiger partial charge in [0, 0.05) is 19.6 Å². The zero-order valence-electron chi connectivity index (χ0n) is 11.3. The molecule has 2 aliphatic rings. The Kier molecular flexibility index (Phi) is 3.78. The van der Waals surface area contributed by atoms with E-state index in [4.69, 9.17) is 4.84 Å². The summed E-state index contributed by atoms with van der Waals surface area (Å²) in [5.74, 6) is 0. The molecule has 1 aromatic rings. The Bertz CT molecular complexity index is 563. The molecule has 0 saturated carbocycles. The summed E-state index contributed by atoms with van der Waals surface area (Å²) in [5.41, 5.74) is 1.13. The Hall–Kier alpha value is -0.990. The molecule has 0 radical (unpaired) electrons. The molecule has 2 heterocycles. The molecule has 1 aromatic carbocycles. The number of piperazine rings is 1. The zero-order chi connectivity index (χ0) is 14.2. The monoisotopic (exact) mass is 298 g/mol. The minimum atomic E-state index is -3.59. The quantitative estimate of drug-likeness (QED) is 0.831. The summed E-state index contributed by atoms with van der Waals surface area (Å²) in [4.78, 5) is 5.92. The maximum atomic E-state index is 11.7. The standard InChI is InChI=1S/C13H18N2O4S/c1-18-20(16,17)14-7-8-15-12(10-14)9-13(19-15)11-5-3-2-4-6-11/h2-6,12-13H,7-10H2,1H3/t12-,13+/m1/s1. The Balaban J connectivity index is 1.71. The average molecular weight is 298 g/mol. The van der Waals surface area contributed by atoms with Gasteiger partial charge in [0.25, 0.3) is 0 Å². The summed E-state index contributed by atoms with van der Waals surface area (Å²) in [6.07, 6.45) is 0.797. The second kappa shape index (κ2) is 5.42. The van der Waals surface area contributed by atoms with Gasteiger partial charge in [-0.15, -0.1) is 0 Å². The van der Waals surface area contributed by atoms with Crippen molar-refractivity contribution in [3.63, 3.8) is 0 Å². The van der Waals surface area contributed by atoms with E-state index in [0.717, 1.165) is 12.0 Å². The Labute approximate surface area is 119 Å². The molecule has 0 N–H and O–H groups in total. The first-order valence-electron chi connectivity index (χ1n) is 6.64. The lowest BCUT2D eigenvalue weighted by atomic mass is 10.0. The van der Waals surface area contributed by atoms with Gasteiger partial charge in [-0.05, 0) is 12.0 Å². The summed E-state index contributed by atoms with van der Waals surface area (Å²) in [6, 6.07) is 10.1. The van der Waals surface area contributed by atoms with E-state index in [0.29, 0.717) is 19.6 Å². The molecule has 20 heavy (non-hydrogen) atoms. The van der Waals surface area contributed by atoms with Crippen LogP contribution in [0.1, 0.15) is 18.1 Å². The van der Waals surface area contributed by atoms with Crippen molar-refractivity contribution in [2.75, 3.05) is 26.7 Å². The smallest absolute Gasteiger partial charge is 0.290 e. The molecular formula is C13H18N2O4S. The molecule has 6 nitrogen and oxygen atoms in total. The fourth-order valence-corrected chi connectivity index (χ4v) is 3.64. The van der Waals surface area contributed by atoms with Crippen molar-refractivity contribution >= 4 is 10.3 Å². The highest BCUT2D eigenvalue weighted by atomic mass is 32.2. The van der Waals surface area contributed by atoms with Crippen LogP contribution < -0.4 is 0 Å². The van der Waals surface area contributed by atoms with Crippen molar-refractivity contribution in [1.82, 2.24) is 9.37 Å². The molecule has 0 spiro atoms. The number of hydrogen-bond donors (Lipinski definition) is 0. The van der Waals surface area contributed by atoms with Crippen LogP contribution in [0.3, 0.4) is 0 Å². The van der Waals surface area contributed by atoms with E-state index in [1.165, 1.54) is 11.4 Å². The molecule has 2 fully saturated rings. The summed E-state index contributed by atoms with van der Waals surface area (Å²) >= 11 is 0. The number of benzene rings is 1. The summed E-state index contributed by atoms with van der Waals surface area (Å²) < 4.78 is 29.4. The highest BCUT2D eigenvalue weighted by Crippen LogP contribution is 2.35. The van der Waals surface area contributed by atoms with Crippen LogP contribution in [0, 0.1) is 0 Å². The number of fused-ring (bicyclic) bond motifs is 1. The van der Waals surface area contributed by atoms with Gasteiger partial charge in [-0.1, -0.05) is 30.3 Å². The van der Waals surface area contributed by atoms with Crippen LogP contribution in [-0.4, -0.2) is 50.6 Å². The van der Waals surface area contributed by atoms with Crippen molar-refractivity contribution in [3.8, 4) is 0 Å². The molecule has 7 heteroatoms. The van der Waals surface area contributed by atoms with Gasteiger partial charge in [-0.2, -0.15) is 17.8 Å². The van der Waals surface area contributed by atoms with E-state index in [-0.39, 0.29) is 12.1 Å². The van der Waals surface area contributed by atoms with Crippen LogP contribution in [0.15, 0.2) is 30.3 Å². The minimum absolute atomic E-state index is 0.00592. The Morgan fingerprint density at radius 2 is 2.00 bits per heavy atom. The molecule has 2 saturated heterocycles. The summed E-state index contributed by atoms with van der Waals surface area (Å²) in [5, 5.41) is 1.90. The van der Waals surface area contributed by atoms with Crippen molar-refractivity contribution in [1.29, 1.82) is 0 Å². The lowest BCUT2D eigenvalue weighted by Crippen LogP contribution is -2.51. The summed E-state index contributed by atoms with van der Waals surface area (Å²) in [6.45, 7) is 1.38. The summed E-state index contributed by atoms with van der Waals surface area (Å²) in [7, 11) is -2.40. The Morgan fingerprint density at radius 1 is 1.25 bits per heavy atom. The van der Waals surface area contributed by atoms with Gasteiger partial charge in [0.05, 0.1) is 13.2 Å². The minimum Gasteiger partial charge on any atom is -0.290 e. The normalized spacial score (nSPS) is 28.4. The zero-order valence-corrected chi connectivity index (χ0v) is 12.1. The highest BCUT2D eigenvalue weighted by Gasteiger charge is 2.41. The maximum absolute atomic E-state index is 11.7. The molecule has 2 atom stereocenters. The van der Waals surface area contributed by atoms with E-state index in [1.54, 1.807) is 0 Å². The molecule has 110 valence electrons. The van der Waals surface area contributed by atoms with Gasteiger partial charge in [0.2, 0.25) is 0 Å². The molecular weight excluding hydrogens is 280 g/mol. The van der Waals surface area contributed by atoms with Crippen LogP contribution in [0.2, 0.25) is 0 Å². The molecule has 0 unspecified atom stereocenters. The SMILES string of the molecule is COS(=O)(=O)N1CCN2O[C@H](c3ccccc3)C[C@@H]2C1. The van der Waals surface area contributed by atoms with Crippen LogP contribution in [0.25, 0.3) is 0 Å². The molecule has 0 aromatic heterocycles. The third-order valence-electron chi connectivity index (χ3n) is 3.84. The number of hydrogen-bond acceptors (Lipinski definition) is 5. The van der Waals surface area contributed by atoms with Gasteiger partial charge in [-0.3, -0.25) is 9.02 Å². The molecule has 3 rings (SSSR count). The van der Waals surface area contributed by atoms with Crippen LogP contribution in [0.4, 0.5) is 0 Å². The van der Waals surface area contributed by atoms with Crippen LogP contribution >= 0.6 is 0 Å². The third kappa shape index (κ3) is 2.59. The lowest BCUT2D eigenvalue weighted by Gasteiger charge is -2.34. The first kappa shape index (κ1) is 14.0. The van der Waals surface area contributed by atoms with Crippen molar-refractivity contribution < 1.29 is 17.4 Å². The predicted octanol–water partition coefficient (Wildman–Crippen LogP) is 0.940. The second-order valence-electron chi connectivity index (χ2n) is 5.02. The molecule has 0 aliphatic carbocycles. The van der Waals surface area contributed by atoms with Gasteiger partial charge in [0.15, 0.2) is 0 Å². The number of hydroxylamine groups is 2. The van der Waals surface area contributed by atoms with Crippen LogP contribution in [0.5, 0.6) is 0 Å². The van der Waals surface area contributed by atoms with Crippen molar-refractivity contribution in [3.05, 3.63) is 35.9 Å². The topological polar surface area (TPSA) is 59.1 Å². The van der Waals surface area contributed by atoms with E-state index in [2.05, 4.69) is 4.18 Å². The average Bonchev–Trinajstić information content (AvgIpc) is 2.91. The number of nitrogens with zero attached hydrogens (tertiary/aromatic N) is 2. The lowest BCUT2D eigenvalue weighted by molar-refractivity contribution is -0.175. The van der Waals surface area contributed by atoms with Gasteiger partial charge in [0.1, 0.15) is 6.10 Å². The van der Waals surface area contributed by atoms with Gasteiger partial charge in [-0.25, -0.2) is 0 Å². The second-order valence-corrected chi connectivity index (χ2v) is 6.72. The van der Waals surface area contributed by atoms with E-state index < -0.39 is 10.3 Å². The van der Waals surface area contributed by atoms with Gasteiger partial charge < -0.3 is 0 Å². The van der Waals surface area contributed by atoms with E-state index in [1.807, 2.05) is 35.4 Å². The first-order chi connectivity index (χ1) is 9.60. The highest BCUT2D eigenvalue weighted by molar-refractivity contribution is 7.84. The van der Waals surface area contributed by atoms with Crippen LogP contribution in [-0.2, 0) is 19.3 Å². The Morgan fingerprint density at radius 3 is 2.70 bits per heavy atom. The largest absolute Gasteiger partial charge is 0.338 e. The van der Waals surface area contributed by atoms with Gasteiger partial charge >= 0.3 is 10.3 Å². The molecule has 0 amide bonds.